The van der Waals surface area contributed by atoms with Gasteiger partial charge in [0.05, 0.1) is 24.3 Å². The first-order valence-corrected chi connectivity index (χ1v) is 7.36. The molecule has 0 fully saturated rings. The molecule has 0 aliphatic rings. The molecule has 0 aliphatic heterocycles. The predicted octanol–water partition coefficient (Wildman–Crippen LogP) is 2.71. The molecule has 0 radical (unpaired) electrons. The average Bonchev–Trinajstić information content (AvgIpc) is 2.96. The second-order valence-electron chi connectivity index (χ2n) is 4.41. The van der Waals surface area contributed by atoms with Crippen LogP contribution in [0.15, 0.2) is 15.9 Å². The van der Waals surface area contributed by atoms with Crippen molar-refractivity contribution < 1.29 is 18.7 Å². The Bertz CT molecular complexity index is 660. The summed E-state index contributed by atoms with van der Waals surface area (Å²) in [6.45, 7) is 5.60. The molecular formula is C14H16N2O4S. The van der Waals surface area contributed by atoms with E-state index in [1.807, 2.05) is 0 Å². The van der Waals surface area contributed by atoms with Gasteiger partial charge >= 0.3 is 5.97 Å². The Morgan fingerprint density at radius 2 is 2.19 bits per heavy atom. The van der Waals surface area contributed by atoms with Crippen molar-refractivity contribution >= 4 is 28.3 Å². The van der Waals surface area contributed by atoms with E-state index in [-0.39, 0.29) is 18.3 Å². The van der Waals surface area contributed by atoms with Gasteiger partial charge < -0.3 is 9.15 Å². The van der Waals surface area contributed by atoms with Gasteiger partial charge in [-0.1, -0.05) is 0 Å². The summed E-state index contributed by atoms with van der Waals surface area (Å²) in [6.07, 6.45) is 0.101. The number of rotatable bonds is 5. The third-order valence-electron chi connectivity index (χ3n) is 2.69. The number of amides is 1. The molecular weight excluding hydrogens is 292 g/mol. The fourth-order valence-corrected chi connectivity index (χ4v) is 2.53. The molecule has 0 saturated carbocycles. The molecule has 7 heteroatoms. The van der Waals surface area contributed by atoms with E-state index in [0.29, 0.717) is 34.5 Å². The zero-order valence-corrected chi connectivity index (χ0v) is 12.9. The maximum Gasteiger partial charge on any atom is 0.311 e. The maximum atomic E-state index is 12.1. The Hall–Kier alpha value is -2.15. The van der Waals surface area contributed by atoms with Crippen LogP contribution < -0.4 is 5.32 Å². The van der Waals surface area contributed by atoms with Gasteiger partial charge in [0.15, 0.2) is 5.13 Å². The number of esters is 1. The van der Waals surface area contributed by atoms with Gasteiger partial charge in [0, 0.05) is 5.38 Å². The van der Waals surface area contributed by atoms with Crippen LogP contribution in [0.4, 0.5) is 5.13 Å². The second-order valence-corrected chi connectivity index (χ2v) is 5.26. The highest BCUT2D eigenvalue weighted by atomic mass is 32.1. The van der Waals surface area contributed by atoms with Gasteiger partial charge in [0.2, 0.25) is 0 Å². The van der Waals surface area contributed by atoms with E-state index in [9.17, 15) is 9.59 Å². The molecule has 1 N–H and O–H groups in total. The minimum Gasteiger partial charge on any atom is -0.466 e. The van der Waals surface area contributed by atoms with E-state index in [0.717, 1.165) is 0 Å². The maximum absolute atomic E-state index is 12.1. The quantitative estimate of drug-likeness (QED) is 0.859. The highest BCUT2D eigenvalue weighted by molar-refractivity contribution is 7.14. The predicted molar refractivity (Wildman–Crippen MR) is 78.6 cm³/mol. The molecule has 0 bridgehead atoms. The van der Waals surface area contributed by atoms with Crippen LogP contribution in [0.1, 0.15) is 34.5 Å². The van der Waals surface area contributed by atoms with Gasteiger partial charge in [-0.05, 0) is 26.8 Å². The number of thiazole rings is 1. The lowest BCUT2D eigenvalue weighted by Gasteiger charge is -2.00. The first kappa shape index (κ1) is 15.2. The van der Waals surface area contributed by atoms with Crippen LogP contribution in [0.3, 0.4) is 0 Å². The van der Waals surface area contributed by atoms with Crippen LogP contribution in [-0.4, -0.2) is 23.5 Å². The number of carbonyl (C=O) groups excluding carboxylic acids is 2. The second kappa shape index (κ2) is 6.53. The largest absolute Gasteiger partial charge is 0.466 e. The number of nitrogens with zero attached hydrogens (tertiary/aromatic N) is 1. The fraction of sp³-hybridized carbons (Fsp3) is 0.357. The Kier molecular flexibility index (Phi) is 4.74. The Labute approximate surface area is 126 Å². The molecule has 0 aromatic carbocycles. The van der Waals surface area contributed by atoms with Gasteiger partial charge in [-0.15, -0.1) is 11.3 Å². The van der Waals surface area contributed by atoms with Gasteiger partial charge in [-0.2, -0.15) is 0 Å². The van der Waals surface area contributed by atoms with Gasteiger partial charge in [0.1, 0.15) is 11.5 Å². The van der Waals surface area contributed by atoms with Crippen LogP contribution in [0, 0.1) is 13.8 Å². The zero-order valence-electron chi connectivity index (χ0n) is 12.1. The van der Waals surface area contributed by atoms with E-state index >= 15 is 0 Å². The van der Waals surface area contributed by atoms with Gasteiger partial charge in [-0.3, -0.25) is 14.9 Å². The van der Waals surface area contributed by atoms with Crippen molar-refractivity contribution in [1.29, 1.82) is 0 Å². The number of aryl methyl sites for hydroxylation is 2. The third-order valence-corrected chi connectivity index (χ3v) is 3.50. The summed E-state index contributed by atoms with van der Waals surface area (Å²) in [7, 11) is 0. The summed E-state index contributed by atoms with van der Waals surface area (Å²) in [5.74, 6) is 0.636. The smallest absolute Gasteiger partial charge is 0.311 e. The molecule has 1 amide bonds. The van der Waals surface area contributed by atoms with E-state index in [1.165, 1.54) is 11.3 Å². The van der Waals surface area contributed by atoms with Crippen LogP contribution in [0.5, 0.6) is 0 Å². The Balaban J connectivity index is 2.00. The fourth-order valence-electron chi connectivity index (χ4n) is 1.83. The summed E-state index contributed by atoms with van der Waals surface area (Å²) >= 11 is 1.26. The van der Waals surface area contributed by atoms with Crippen LogP contribution in [0.25, 0.3) is 0 Å². The van der Waals surface area contributed by atoms with E-state index < -0.39 is 0 Å². The molecule has 21 heavy (non-hydrogen) atoms. The number of ether oxygens (including phenoxy) is 1. The van der Waals surface area contributed by atoms with Crippen molar-refractivity contribution in [3.63, 3.8) is 0 Å². The summed E-state index contributed by atoms with van der Waals surface area (Å²) in [5, 5.41) is 4.86. The topological polar surface area (TPSA) is 81.4 Å². The number of hydrogen-bond acceptors (Lipinski definition) is 6. The lowest BCUT2D eigenvalue weighted by molar-refractivity contribution is -0.142. The molecule has 0 atom stereocenters. The monoisotopic (exact) mass is 308 g/mol. The zero-order chi connectivity index (χ0) is 15.4. The minimum atomic E-state index is -0.331. The minimum absolute atomic E-state index is 0.101. The molecule has 2 rings (SSSR count). The lowest BCUT2D eigenvalue weighted by atomic mass is 10.2. The SMILES string of the molecule is CCOC(=O)Cc1csc(NC(=O)c2cc(C)oc2C)n1. The van der Waals surface area contributed by atoms with Crippen LogP contribution >= 0.6 is 11.3 Å². The summed E-state index contributed by atoms with van der Waals surface area (Å²) in [5.41, 5.74) is 1.06. The number of carbonyl (C=O) groups is 2. The Morgan fingerprint density at radius 1 is 1.43 bits per heavy atom. The summed E-state index contributed by atoms with van der Waals surface area (Å²) < 4.78 is 10.2. The molecule has 0 spiro atoms. The molecule has 0 unspecified atom stereocenters. The average molecular weight is 308 g/mol. The highest BCUT2D eigenvalue weighted by Crippen LogP contribution is 2.19. The summed E-state index contributed by atoms with van der Waals surface area (Å²) in [6, 6.07) is 1.68. The molecule has 2 heterocycles. The van der Waals surface area contributed by atoms with Crippen molar-refractivity contribution in [2.45, 2.75) is 27.2 Å². The lowest BCUT2D eigenvalue weighted by Crippen LogP contribution is -2.12. The molecule has 6 nitrogen and oxygen atoms in total. The van der Waals surface area contributed by atoms with Crippen molar-refractivity contribution in [2.75, 3.05) is 11.9 Å². The standard InChI is InChI=1S/C14H16N2O4S/c1-4-19-12(17)6-10-7-21-14(15-10)16-13(18)11-5-8(2)20-9(11)3/h5,7H,4,6H2,1-3H3,(H,15,16,18). The summed E-state index contributed by atoms with van der Waals surface area (Å²) in [4.78, 5) is 27.6. The number of nitrogens with one attached hydrogen (secondary N) is 1. The normalized spacial score (nSPS) is 10.4. The van der Waals surface area contributed by atoms with Crippen molar-refractivity contribution in [1.82, 2.24) is 4.98 Å². The third kappa shape index (κ3) is 3.91. The molecule has 112 valence electrons. The van der Waals surface area contributed by atoms with E-state index in [1.54, 1.807) is 32.2 Å². The molecule has 2 aromatic heterocycles. The van der Waals surface area contributed by atoms with Gasteiger partial charge in [-0.25, -0.2) is 4.98 Å². The van der Waals surface area contributed by atoms with E-state index in [4.69, 9.17) is 9.15 Å². The van der Waals surface area contributed by atoms with Crippen LogP contribution in [-0.2, 0) is 16.0 Å². The van der Waals surface area contributed by atoms with Gasteiger partial charge in [0.25, 0.3) is 5.91 Å². The van der Waals surface area contributed by atoms with Crippen molar-refractivity contribution in [3.8, 4) is 0 Å². The van der Waals surface area contributed by atoms with Crippen molar-refractivity contribution in [3.05, 3.63) is 34.2 Å². The molecule has 0 aliphatic carbocycles. The highest BCUT2D eigenvalue weighted by Gasteiger charge is 2.15. The molecule has 0 saturated heterocycles. The molecule has 2 aromatic rings. The van der Waals surface area contributed by atoms with E-state index in [2.05, 4.69) is 10.3 Å². The number of aromatic nitrogens is 1. The number of furan rings is 1. The first-order valence-electron chi connectivity index (χ1n) is 6.48. The number of anilines is 1. The Morgan fingerprint density at radius 3 is 2.81 bits per heavy atom. The number of hydrogen-bond donors (Lipinski definition) is 1. The first-order chi connectivity index (χ1) is 9.99. The van der Waals surface area contributed by atoms with Crippen molar-refractivity contribution in [2.24, 2.45) is 0 Å². The van der Waals surface area contributed by atoms with Crippen LogP contribution in [0.2, 0.25) is 0 Å².